The van der Waals surface area contributed by atoms with Gasteiger partial charge in [-0.3, -0.25) is 4.79 Å². The number of hydrogen-bond acceptors (Lipinski definition) is 5. The van der Waals surface area contributed by atoms with Gasteiger partial charge in [0.15, 0.2) is 17.2 Å². The lowest BCUT2D eigenvalue weighted by molar-refractivity contribution is -0.114. The zero-order valence-corrected chi connectivity index (χ0v) is 14.8. The minimum absolute atomic E-state index is 0.0245. The molecule has 1 aliphatic rings. The Morgan fingerprint density at radius 1 is 1.17 bits per heavy atom. The van der Waals surface area contributed by atoms with Crippen molar-refractivity contribution in [2.24, 2.45) is 5.10 Å². The smallest absolute Gasteiger partial charge is 0.435 e. The Hall–Kier alpha value is -3.82. The number of carbonyl (C=O) groups is 2. The average molecular weight is 406 g/mol. The van der Waals surface area contributed by atoms with Crippen LogP contribution in [0.2, 0.25) is 0 Å². The summed E-state index contributed by atoms with van der Waals surface area (Å²) in [5.74, 6) is -2.71. The summed E-state index contributed by atoms with van der Waals surface area (Å²) in [6, 6.07) is 8.79. The Morgan fingerprint density at radius 2 is 1.83 bits per heavy atom. The highest BCUT2D eigenvalue weighted by Crippen LogP contribution is 2.36. The maximum Gasteiger partial charge on any atom is 0.435 e. The summed E-state index contributed by atoms with van der Waals surface area (Å²) >= 11 is 0. The number of benzene rings is 2. The zero-order chi connectivity index (χ0) is 21.3. The molecule has 150 valence electrons. The number of amides is 1. The zero-order valence-electron chi connectivity index (χ0n) is 14.8. The van der Waals surface area contributed by atoms with E-state index in [9.17, 15) is 27.9 Å². The van der Waals surface area contributed by atoms with Gasteiger partial charge in [-0.1, -0.05) is 12.1 Å². The van der Waals surface area contributed by atoms with Gasteiger partial charge in [-0.2, -0.15) is 23.3 Å². The number of phenols is 1. The molecule has 0 radical (unpaired) electrons. The van der Waals surface area contributed by atoms with Gasteiger partial charge in [0.1, 0.15) is 0 Å². The van der Waals surface area contributed by atoms with Crippen LogP contribution in [0.5, 0.6) is 11.5 Å². The minimum Gasteiger partial charge on any atom is -0.504 e. The van der Waals surface area contributed by atoms with Crippen molar-refractivity contribution < 1.29 is 37.7 Å². The maximum atomic E-state index is 13.5. The Morgan fingerprint density at radius 3 is 2.38 bits per heavy atom. The molecule has 0 aromatic heterocycles. The second-order valence-electron chi connectivity index (χ2n) is 5.87. The van der Waals surface area contributed by atoms with Crippen LogP contribution >= 0.6 is 0 Å². The Balaban J connectivity index is 2.08. The van der Waals surface area contributed by atoms with E-state index in [0.29, 0.717) is 5.01 Å². The normalized spacial score (nSPS) is 15.6. The molecule has 0 fully saturated rings. The number of alkyl halides is 3. The summed E-state index contributed by atoms with van der Waals surface area (Å²) < 4.78 is 45.3. The predicted molar refractivity (Wildman–Crippen MR) is 97.0 cm³/mol. The van der Waals surface area contributed by atoms with Crippen molar-refractivity contribution in [3.05, 3.63) is 59.2 Å². The van der Waals surface area contributed by atoms with E-state index >= 15 is 0 Å². The number of hydrazone groups is 1. The van der Waals surface area contributed by atoms with Gasteiger partial charge in [0, 0.05) is 5.56 Å². The van der Waals surface area contributed by atoms with Gasteiger partial charge < -0.3 is 14.9 Å². The lowest BCUT2D eigenvalue weighted by Crippen LogP contribution is -2.25. The number of aromatic carboxylic acids is 1. The first-order valence-corrected chi connectivity index (χ1v) is 8.05. The van der Waals surface area contributed by atoms with Gasteiger partial charge in [-0.25, -0.2) is 4.79 Å². The largest absolute Gasteiger partial charge is 0.504 e. The first-order valence-electron chi connectivity index (χ1n) is 8.05. The second kappa shape index (κ2) is 7.30. The van der Waals surface area contributed by atoms with Crippen LogP contribution in [-0.2, 0) is 4.79 Å². The Kier molecular flexibility index (Phi) is 5.02. The molecular formula is C19H13F3N2O5. The highest BCUT2D eigenvalue weighted by molar-refractivity contribution is 6.34. The molecule has 1 amide bonds. The van der Waals surface area contributed by atoms with E-state index in [2.05, 4.69) is 5.10 Å². The highest BCUT2D eigenvalue weighted by atomic mass is 19.4. The predicted octanol–water partition coefficient (Wildman–Crippen LogP) is 3.45. The molecule has 0 bridgehead atoms. The molecule has 0 unspecified atom stereocenters. The van der Waals surface area contributed by atoms with E-state index in [0.717, 1.165) is 18.2 Å². The van der Waals surface area contributed by atoms with Gasteiger partial charge >= 0.3 is 12.1 Å². The summed E-state index contributed by atoms with van der Waals surface area (Å²) in [5.41, 5.74) is -2.42. The summed E-state index contributed by atoms with van der Waals surface area (Å²) in [6.45, 7) is 0. The molecule has 0 atom stereocenters. The van der Waals surface area contributed by atoms with Crippen molar-refractivity contribution in [2.45, 2.75) is 6.18 Å². The standard InChI is InChI=1S/C19H13F3N2O5/c1-29-14-4-2-3-11(15(14)25)9-13-16(19(20,21)22)23-24(17(13)26)12-7-5-10(6-8-12)18(27)28/h2-9,25H,1H3,(H,27,28)/b13-9-. The number of methoxy groups -OCH3 is 1. The van der Waals surface area contributed by atoms with Crippen molar-refractivity contribution in [2.75, 3.05) is 12.1 Å². The van der Waals surface area contributed by atoms with Crippen molar-refractivity contribution in [1.82, 2.24) is 0 Å². The number of anilines is 1. The lowest BCUT2D eigenvalue weighted by Gasteiger charge is -2.12. The molecule has 2 N–H and O–H groups in total. The summed E-state index contributed by atoms with van der Waals surface area (Å²) in [5, 5.41) is 22.9. The van der Waals surface area contributed by atoms with E-state index in [1.165, 1.54) is 37.4 Å². The molecule has 2 aromatic carbocycles. The minimum atomic E-state index is -4.94. The number of ether oxygens (including phenoxy) is 1. The van der Waals surface area contributed by atoms with Crippen LogP contribution in [0, 0.1) is 0 Å². The van der Waals surface area contributed by atoms with Gasteiger partial charge in [0.05, 0.1) is 23.9 Å². The maximum absolute atomic E-state index is 13.5. The summed E-state index contributed by atoms with van der Waals surface area (Å²) in [7, 11) is 1.28. The summed E-state index contributed by atoms with van der Waals surface area (Å²) in [6.07, 6.45) is -4.07. The number of rotatable bonds is 4. The molecule has 0 aliphatic carbocycles. The first kappa shape index (κ1) is 19.9. The number of nitrogens with zero attached hydrogens (tertiary/aromatic N) is 2. The molecular weight excluding hydrogens is 393 g/mol. The molecule has 29 heavy (non-hydrogen) atoms. The summed E-state index contributed by atoms with van der Waals surface area (Å²) in [4.78, 5) is 23.6. The third-order valence-electron chi connectivity index (χ3n) is 4.06. The number of para-hydroxylation sites is 1. The molecule has 2 aromatic rings. The fourth-order valence-corrected chi connectivity index (χ4v) is 2.65. The quantitative estimate of drug-likeness (QED) is 0.758. The van der Waals surface area contributed by atoms with Gasteiger partial charge in [-0.05, 0) is 36.4 Å². The lowest BCUT2D eigenvalue weighted by atomic mass is 10.0. The number of carboxylic acid groups (broad SMARTS) is 1. The van der Waals surface area contributed by atoms with Gasteiger partial charge in [-0.15, -0.1) is 0 Å². The molecule has 0 spiro atoms. The number of phenolic OH excluding ortho intramolecular Hbond substituents is 1. The number of halogens is 3. The topological polar surface area (TPSA) is 99.4 Å². The fraction of sp³-hybridized carbons (Fsp3) is 0.105. The van der Waals surface area contributed by atoms with E-state index in [4.69, 9.17) is 9.84 Å². The van der Waals surface area contributed by atoms with Gasteiger partial charge in [0.2, 0.25) is 0 Å². The Labute approximate surface area is 161 Å². The van der Waals surface area contributed by atoms with Gasteiger partial charge in [0.25, 0.3) is 5.91 Å². The second-order valence-corrected chi connectivity index (χ2v) is 5.87. The van der Waals surface area contributed by atoms with Crippen molar-refractivity contribution >= 4 is 29.4 Å². The number of carbonyl (C=O) groups excluding carboxylic acids is 1. The van der Waals surface area contributed by atoms with Crippen molar-refractivity contribution in [3.63, 3.8) is 0 Å². The van der Waals surface area contributed by atoms with E-state index in [1.807, 2.05) is 0 Å². The molecule has 7 nitrogen and oxygen atoms in total. The first-order chi connectivity index (χ1) is 13.6. The van der Waals surface area contributed by atoms with E-state index in [-0.39, 0.29) is 22.6 Å². The fourth-order valence-electron chi connectivity index (χ4n) is 2.65. The molecule has 0 saturated heterocycles. The van der Waals surface area contributed by atoms with E-state index in [1.54, 1.807) is 0 Å². The monoisotopic (exact) mass is 406 g/mol. The van der Waals surface area contributed by atoms with Crippen molar-refractivity contribution in [3.8, 4) is 11.5 Å². The molecule has 10 heteroatoms. The SMILES string of the molecule is COc1cccc(/C=C2\C(=O)N(c3ccc(C(=O)O)cc3)N=C2C(F)(F)F)c1O. The van der Waals surface area contributed by atoms with Crippen LogP contribution in [0.3, 0.4) is 0 Å². The van der Waals surface area contributed by atoms with Crippen LogP contribution < -0.4 is 9.75 Å². The number of carboxylic acids is 1. The van der Waals surface area contributed by atoms with E-state index < -0.39 is 35.1 Å². The number of hydrogen-bond donors (Lipinski definition) is 2. The third kappa shape index (κ3) is 3.77. The van der Waals surface area contributed by atoms with Crippen LogP contribution in [0.25, 0.3) is 6.08 Å². The Bertz CT molecular complexity index is 1040. The van der Waals surface area contributed by atoms with Crippen LogP contribution in [-0.4, -0.2) is 41.1 Å². The van der Waals surface area contributed by atoms with Crippen LogP contribution in [0.1, 0.15) is 15.9 Å². The molecule has 1 heterocycles. The molecule has 3 rings (SSSR count). The molecule has 0 saturated carbocycles. The molecule has 1 aliphatic heterocycles. The van der Waals surface area contributed by atoms with Crippen molar-refractivity contribution in [1.29, 1.82) is 0 Å². The van der Waals surface area contributed by atoms with Crippen LogP contribution in [0.4, 0.5) is 18.9 Å². The average Bonchev–Trinajstić information content (AvgIpc) is 3.00. The highest BCUT2D eigenvalue weighted by Gasteiger charge is 2.47. The third-order valence-corrected chi connectivity index (χ3v) is 4.06. The number of aromatic hydroxyl groups is 1. The van der Waals surface area contributed by atoms with Crippen LogP contribution in [0.15, 0.2) is 53.1 Å².